The van der Waals surface area contributed by atoms with E-state index in [4.69, 9.17) is 0 Å². The molecule has 1 nitrogen and oxygen atoms in total. The third kappa shape index (κ3) is 7.09. The molecule has 0 heterocycles. The summed E-state index contributed by atoms with van der Waals surface area (Å²) < 4.78 is 0. The van der Waals surface area contributed by atoms with Crippen molar-refractivity contribution < 1.29 is 5.11 Å². The molecule has 0 spiro atoms. The monoisotopic (exact) mass is 380 g/mol. The Bertz CT molecular complexity index is 671. The molecular formula is C27H40O. The first kappa shape index (κ1) is 22.7. The van der Waals surface area contributed by atoms with E-state index in [0.717, 1.165) is 17.9 Å². The summed E-state index contributed by atoms with van der Waals surface area (Å²) in [5, 5.41) is 9.37. The molecule has 0 aliphatic rings. The Labute approximate surface area is 173 Å². The number of unbranched alkanes of at least 4 members (excludes halogenated alkanes) is 2. The van der Waals surface area contributed by atoms with Gasteiger partial charge in [-0.15, -0.1) is 0 Å². The normalized spacial score (nSPS) is 12.3. The van der Waals surface area contributed by atoms with Gasteiger partial charge in [-0.05, 0) is 53.0 Å². The lowest BCUT2D eigenvalue weighted by Crippen LogP contribution is -2.01. The van der Waals surface area contributed by atoms with Crippen LogP contribution in [-0.4, -0.2) is 5.11 Å². The van der Waals surface area contributed by atoms with Gasteiger partial charge in [0.15, 0.2) is 0 Å². The van der Waals surface area contributed by atoms with Crippen molar-refractivity contribution in [3.05, 3.63) is 59.2 Å². The molecule has 0 fully saturated rings. The van der Waals surface area contributed by atoms with Gasteiger partial charge in [0.2, 0.25) is 0 Å². The highest BCUT2D eigenvalue weighted by Gasteiger charge is 2.08. The maximum atomic E-state index is 9.37. The first-order valence-electron chi connectivity index (χ1n) is 11.5. The molecule has 0 aliphatic carbocycles. The molecule has 0 amide bonds. The van der Waals surface area contributed by atoms with Gasteiger partial charge >= 0.3 is 0 Å². The van der Waals surface area contributed by atoms with Gasteiger partial charge in [-0.2, -0.15) is 0 Å². The summed E-state index contributed by atoms with van der Waals surface area (Å²) in [5.41, 5.74) is 6.35. The molecule has 1 atom stereocenters. The first-order chi connectivity index (χ1) is 13.7. The summed E-state index contributed by atoms with van der Waals surface area (Å²) in [4.78, 5) is 0. The van der Waals surface area contributed by atoms with Crippen molar-refractivity contribution in [3.8, 4) is 11.1 Å². The van der Waals surface area contributed by atoms with Crippen molar-refractivity contribution in [2.45, 2.75) is 91.6 Å². The van der Waals surface area contributed by atoms with E-state index in [1.54, 1.807) is 0 Å². The smallest absolute Gasteiger partial charge is 0.0681 e. The maximum absolute atomic E-state index is 9.37. The minimum absolute atomic E-state index is 0.115. The van der Waals surface area contributed by atoms with E-state index >= 15 is 0 Å². The van der Waals surface area contributed by atoms with E-state index in [0.29, 0.717) is 0 Å². The van der Waals surface area contributed by atoms with E-state index < -0.39 is 0 Å². The van der Waals surface area contributed by atoms with E-state index in [9.17, 15) is 5.11 Å². The quantitative estimate of drug-likeness (QED) is 0.352. The van der Waals surface area contributed by atoms with Crippen LogP contribution in [0.1, 0.15) is 88.8 Å². The van der Waals surface area contributed by atoms with Crippen LogP contribution in [0.15, 0.2) is 42.5 Å². The van der Waals surface area contributed by atoms with Gasteiger partial charge in [-0.3, -0.25) is 0 Å². The van der Waals surface area contributed by atoms with E-state index in [-0.39, 0.29) is 6.61 Å². The molecule has 2 rings (SSSR count). The SMILES string of the molecule is CCCCCC(CCC)CCCc1ccc(-c2ccc(CO)cc2CC)cc1. The molecule has 2 aromatic carbocycles. The van der Waals surface area contributed by atoms with Crippen LogP contribution in [0.4, 0.5) is 0 Å². The average molecular weight is 381 g/mol. The number of aliphatic hydroxyl groups is 1. The minimum Gasteiger partial charge on any atom is -0.392 e. The van der Waals surface area contributed by atoms with Gasteiger partial charge in [-0.25, -0.2) is 0 Å². The van der Waals surface area contributed by atoms with Crippen LogP contribution >= 0.6 is 0 Å². The maximum Gasteiger partial charge on any atom is 0.0681 e. The van der Waals surface area contributed by atoms with Crippen molar-refractivity contribution in [1.29, 1.82) is 0 Å². The molecule has 1 unspecified atom stereocenters. The zero-order valence-electron chi connectivity index (χ0n) is 18.3. The highest BCUT2D eigenvalue weighted by atomic mass is 16.3. The van der Waals surface area contributed by atoms with Crippen LogP contribution in [0.5, 0.6) is 0 Å². The Morgan fingerprint density at radius 3 is 2.11 bits per heavy atom. The Hall–Kier alpha value is -1.60. The summed E-state index contributed by atoms with van der Waals surface area (Å²) in [5.74, 6) is 0.924. The van der Waals surface area contributed by atoms with Gasteiger partial charge in [0.05, 0.1) is 6.61 Å². The summed E-state index contributed by atoms with van der Waals surface area (Å²) in [6, 6.07) is 15.5. The van der Waals surface area contributed by atoms with Crippen molar-refractivity contribution in [3.63, 3.8) is 0 Å². The number of aliphatic hydroxyl groups excluding tert-OH is 1. The summed E-state index contributed by atoms with van der Waals surface area (Å²) >= 11 is 0. The third-order valence-corrected chi connectivity index (χ3v) is 5.99. The predicted molar refractivity (Wildman–Crippen MR) is 123 cm³/mol. The summed E-state index contributed by atoms with van der Waals surface area (Å²) in [6.45, 7) is 6.91. The van der Waals surface area contributed by atoms with Crippen molar-refractivity contribution in [2.75, 3.05) is 0 Å². The number of hydrogen-bond donors (Lipinski definition) is 1. The van der Waals surface area contributed by atoms with Crippen LogP contribution in [0.2, 0.25) is 0 Å². The molecule has 0 radical (unpaired) electrons. The van der Waals surface area contributed by atoms with Crippen LogP contribution in [0.3, 0.4) is 0 Å². The number of hydrogen-bond acceptors (Lipinski definition) is 1. The second-order valence-corrected chi connectivity index (χ2v) is 8.24. The van der Waals surface area contributed by atoms with Crippen LogP contribution in [0.25, 0.3) is 11.1 Å². The fourth-order valence-corrected chi connectivity index (χ4v) is 4.29. The van der Waals surface area contributed by atoms with Crippen LogP contribution in [-0.2, 0) is 19.4 Å². The van der Waals surface area contributed by atoms with Crippen molar-refractivity contribution in [2.24, 2.45) is 5.92 Å². The van der Waals surface area contributed by atoms with Crippen LogP contribution in [0, 0.1) is 5.92 Å². The number of benzene rings is 2. The molecule has 0 saturated carbocycles. The molecule has 154 valence electrons. The van der Waals surface area contributed by atoms with Gasteiger partial charge in [-0.1, -0.05) is 108 Å². The molecule has 28 heavy (non-hydrogen) atoms. The zero-order valence-corrected chi connectivity index (χ0v) is 18.3. The number of aryl methyl sites for hydroxylation is 2. The fraction of sp³-hybridized carbons (Fsp3) is 0.556. The van der Waals surface area contributed by atoms with Gasteiger partial charge in [0, 0.05) is 0 Å². The van der Waals surface area contributed by atoms with E-state index in [1.165, 1.54) is 80.0 Å². The summed E-state index contributed by atoms with van der Waals surface area (Å²) in [7, 11) is 0. The molecule has 1 N–H and O–H groups in total. The standard InChI is InChI=1S/C27H40O/c1-4-7-8-11-22(10-5-2)12-9-13-23-14-17-26(18-15-23)27-19-16-24(21-28)20-25(27)6-3/h14-20,22,28H,4-13,21H2,1-3H3. The van der Waals surface area contributed by atoms with Gasteiger partial charge < -0.3 is 5.11 Å². The third-order valence-electron chi connectivity index (χ3n) is 5.99. The highest BCUT2D eigenvalue weighted by Crippen LogP contribution is 2.27. The van der Waals surface area contributed by atoms with Crippen molar-refractivity contribution in [1.82, 2.24) is 0 Å². The molecular weight excluding hydrogens is 340 g/mol. The van der Waals surface area contributed by atoms with Crippen molar-refractivity contribution >= 4 is 0 Å². The molecule has 0 bridgehead atoms. The minimum atomic E-state index is 0.115. The lowest BCUT2D eigenvalue weighted by atomic mass is 9.90. The topological polar surface area (TPSA) is 20.2 Å². The largest absolute Gasteiger partial charge is 0.392 e. The van der Waals surface area contributed by atoms with E-state index in [2.05, 4.69) is 57.2 Å². The molecule has 1 heteroatoms. The lowest BCUT2D eigenvalue weighted by Gasteiger charge is -2.16. The average Bonchev–Trinajstić information content (AvgIpc) is 2.74. The second-order valence-electron chi connectivity index (χ2n) is 8.24. The second kappa shape index (κ2) is 12.8. The fourth-order valence-electron chi connectivity index (χ4n) is 4.29. The lowest BCUT2D eigenvalue weighted by molar-refractivity contribution is 0.282. The summed E-state index contributed by atoms with van der Waals surface area (Å²) in [6.07, 6.45) is 13.1. The molecule has 2 aromatic rings. The Morgan fingerprint density at radius 1 is 0.750 bits per heavy atom. The van der Waals surface area contributed by atoms with Crippen LogP contribution < -0.4 is 0 Å². The Kier molecular flexibility index (Phi) is 10.4. The zero-order chi connectivity index (χ0) is 20.2. The molecule has 0 aliphatic heterocycles. The number of rotatable bonds is 13. The van der Waals surface area contributed by atoms with E-state index in [1.807, 2.05) is 6.07 Å². The first-order valence-corrected chi connectivity index (χ1v) is 11.5. The van der Waals surface area contributed by atoms with Gasteiger partial charge in [0.25, 0.3) is 0 Å². The molecule has 0 saturated heterocycles. The Balaban J connectivity index is 1.92. The molecule has 0 aromatic heterocycles. The highest BCUT2D eigenvalue weighted by molar-refractivity contribution is 5.68. The van der Waals surface area contributed by atoms with Gasteiger partial charge in [0.1, 0.15) is 0 Å². The predicted octanol–water partition coefficient (Wildman–Crippen LogP) is 7.73. The Morgan fingerprint density at radius 2 is 1.46 bits per heavy atom.